The van der Waals surface area contributed by atoms with Crippen LogP contribution in [0.1, 0.15) is 46.5 Å². The Morgan fingerprint density at radius 3 is 2.31 bits per heavy atom. The van der Waals surface area contributed by atoms with Crippen LogP contribution in [-0.2, 0) is 9.59 Å². The van der Waals surface area contributed by atoms with Crippen molar-refractivity contribution in [2.75, 3.05) is 6.54 Å². The zero-order valence-electron chi connectivity index (χ0n) is 10.4. The summed E-state index contributed by atoms with van der Waals surface area (Å²) in [4.78, 5) is 22.6. The lowest BCUT2D eigenvalue weighted by Gasteiger charge is -2.06. The van der Waals surface area contributed by atoms with Gasteiger partial charge in [0.2, 0.25) is 5.91 Å². The molecule has 94 valence electrons. The summed E-state index contributed by atoms with van der Waals surface area (Å²) in [5.41, 5.74) is 0. The maximum Gasteiger partial charge on any atom is 0.220 e. The molecule has 0 spiro atoms. The smallest absolute Gasteiger partial charge is 0.220 e. The molecule has 0 rings (SSSR count). The first-order valence-electron chi connectivity index (χ1n) is 5.87. The molecule has 0 saturated heterocycles. The molecule has 0 heterocycles. The summed E-state index contributed by atoms with van der Waals surface area (Å²) < 4.78 is 0.650. The number of amides is 1. The van der Waals surface area contributed by atoms with Crippen LogP contribution in [0.2, 0.25) is 0 Å². The third-order valence-corrected chi connectivity index (χ3v) is 2.97. The molecule has 0 aromatic heterocycles. The van der Waals surface area contributed by atoms with E-state index in [9.17, 15) is 9.59 Å². The standard InChI is InChI=1S/C12H22INO2/c1-9(2)11(15)6-7-12(16)14-8-4-5-10(3)13/h9-10H,4-8H2,1-3H3,(H,14,16). The molecule has 1 amide bonds. The number of ketones is 1. The first-order chi connectivity index (χ1) is 7.43. The number of halogens is 1. The van der Waals surface area contributed by atoms with E-state index in [0.29, 0.717) is 16.8 Å². The molecule has 0 aliphatic rings. The van der Waals surface area contributed by atoms with Gasteiger partial charge in [0.15, 0.2) is 0 Å². The minimum Gasteiger partial charge on any atom is -0.356 e. The number of hydrogen-bond acceptors (Lipinski definition) is 2. The van der Waals surface area contributed by atoms with Crippen molar-refractivity contribution in [3.8, 4) is 0 Å². The predicted octanol–water partition coefficient (Wildman–Crippen LogP) is 2.71. The lowest BCUT2D eigenvalue weighted by molar-refractivity contribution is -0.126. The molecule has 0 aromatic carbocycles. The normalized spacial score (nSPS) is 12.6. The van der Waals surface area contributed by atoms with Gasteiger partial charge in [0.25, 0.3) is 0 Å². The van der Waals surface area contributed by atoms with Crippen molar-refractivity contribution < 1.29 is 9.59 Å². The highest BCUT2D eigenvalue weighted by atomic mass is 127. The topological polar surface area (TPSA) is 46.2 Å². The zero-order valence-corrected chi connectivity index (χ0v) is 12.5. The van der Waals surface area contributed by atoms with E-state index in [0.717, 1.165) is 19.4 Å². The Morgan fingerprint density at radius 1 is 1.19 bits per heavy atom. The lowest BCUT2D eigenvalue weighted by atomic mass is 10.0. The molecule has 1 N–H and O–H groups in total. The largest absolute Gasteiger partial charge is 0.356 e. The van der Waals surface area contributed by atoms with Crippen LogP contribution in [0.25, 0.3) is 0 Å². The van der Waals surface area contributed by atoms with E-state index in [1.807, 2.05) is 13.8 Å². The van der Waals surface area contributed by atoms with Gasteiger partial charge in [0.1, 0.15) is 5.78 Å². The maximum absolute atomic E-state index is 11.3. The predicted molar refractivity (Wildman–Crippen MR) is 74.8 cm³/mol. The van der Waals surface area contributed by atoms with E-state index >= 15 is 0 Å². The van der Waals surface area contributed by atoms with Gasteiger partial charge in [-0.2, -0.15) is 0 Å². The number of carbonyl (C=O) groups excluding carboxylic acids is 2. The molecular formula is C12H22INO2. The number of rotatable bonds is 8. The Morgan fingerprint density at radius 2 is 1.81 bits per heavy atom. The molecule has 1 unspecified atom stereocenters. The second kappa shape index (κ2) is 8.96. The molecule has 0 fully saturated rings. The zero-order chi connectivity index (χ0) is 12.6. The van der Waals surface area contributed by atoms with Crippen LogP contribution in [0.4, 0.5) is 0 Å². The molecule has 0 radical (unpaired) electrons. The molecule has 1 atom stereocenters. The van der Waals surface area contributed by atoms with Crippen molar-refractivity contribution in [1.29, 1.82) is 0 Å². The van der Waals surface area contributed by atoms with Gasteiger partial charge in [-0.15, -0.1) is 0 Å². The van der Waals surface area contributed by atoms with Crippen LogP contribution < -0.4 is 5.32 Å². The average molecular weight is 339 g/mol. The second-order valence-corrected chi connectivity index (χ2v) is 6.52. The second-order valence-electron chi connectivity index (χ2n) is 4.39. The quantitative estimate of drug-likeness (QED) is 0.420. The number of Topliss-reactive ketones (excluding diaryl/α,β-unsaturated/α-hetero) is 1. The van der Waals surface area contributed by atoms with Crippen molar-refractivity contribution >= 4 is 34.3 Å². The molecule has 0 saturated carbocycles. The van der Waals surface area contributed by atoms with Gasteiger partial charge in [-0.05, 0) is 12.8 Å². The number of nitrogens with one attached hydrogen (secondary N) is 1. The van der Waals surface area contributed by atoms with Crippen LogP contribution >= 0.6 is 22.6 Å². The summed E-state index contributed by atoms with van der Waals surface area (Å²) in [6, 6.07) is 0. The highest BCUT2D eigenvalue weighted by Crippen LogP contribution is 2.06. The molecule has 0 aliphatic heterocycles. The van der Waals surface area contributed by atoms with Crippen molar-refractivity contribution in [2.45, 2.75) is 50.4 Å². The van der Waals surface area contributed by atoms with Crippen LogP contribution in [0.5, 0.6) is 0 Å². The van der Waals surface area contributed by atoms with E-state index in [-0.39, 0.29) is 17.6 Å². The Balaban J connectivity index is 3.49. The highest BCUT2D eigenvalue weighted by molar-refractivity contribution is 14.1. The monoisotopic (exact) mass is 339 g/mol. The van der Waals surface area contributed by atoms with E-state index in [1.54, 1.807) is 0 Å². The van der Waals surface area contributed by atoms with Gasteiger partial charge in [0, 0.05) is 29.2 Å². The fourth-order valence-electron chi connectivity index (χ4n) is 1.22. The Bertz CT molecular complexity index is 227. The third-order valence-electron chi connectivity index (χ3n) is 2.34. The van der Waals surface area contributed by atoms with E-state index in [2.05, 4.69) is 34.8 Å². The van der Waals surface area contributed by atoms with Crippen LogP contribution in [0.3, 0.4) is 0 Å². The third kappa shape index (κ3) is 9.12. The Kier molecular flexibility index (Phi) is 8.89. The van der Waals surface area contributed by atoms with Crippen LogP contribution in [0.15, 0.2) is 0 Å². The number of alkyl halides is 1. The van der Waals surface area contributed by atoms with Gasteiger partial charge in [-0.3, -0.25) is 9.59 Å². The fraction of sp³-hybridized carbons (Fsp3) is 0.833. The highest BCUT2D eigenvalue weighted by Gasteiger charge is 2.09. The van der Waals surface area contributed by atoms with E-state index < -0.39 is 0 Å². The summed E-state index contributed by atoms with van der Waals surface area (Å²) in [5, 5.41) is 2.84. The average Bonchev–Trinajstić information content (AvgIpc) is 2.20. The van der Waals surface area contributed by atoms with Crippen molar-refractivity contribution in [3.63, 3.8) is 0 Å². The van der Waals surface area contributed by atoms with Crippen molar-refractivity contribution in [2.24, 2.45) is 5.92 Å². The van der Waals surface area contributed by atoms with Crippen molar-refractivity contribution in [1.82, 2.24) is 5.32 Å². The molecule has 0 aromatic rings. The van der Waals surface area contributed by atoms with Gasteiger partial charge < -0.3 is 5.32 Å². The summed E-state index contributed by atoms with van der Waals surface area (Å²) in [7, 11) is 0. The van der Waals surface area contributed by atoms with Crippen LogP contribution in [-0.4, -0.2) is 22.2 Å². The molecule has 16 heavy (non-hydrogen) atoms. The summed E-state index contributed by atoms with van der Waals surface area (Å²) in [5.74, 6) is 0.193. The lowest BCUT2D eigenvalue weighted by Crippen LogP contribution is -2.25. The van der Waals surface area contributed by atoms with E-state index in [1.165, 1.54) is 0 Å². The van der Waals surface area contributed by atoms with Gasteiger partial charge in [0.05, 0.1) is 0 Å². The SMILES string of the molecule is CC(I)CCCNC(=O)CCC(=O)C(C)C. The minimum absolute atomic E-state index is 0.00453. The minimum atomic E-state index is -0.00453. The Hall–Kier alpha value is -0.130. The summed E-state index contributed by atoms with van der Waals surface area (Å²) >= 11 is 2.37. The van der Waals surface area contributed by atoms with Gasteiger partial charge in [-0.1, -0.05) is 43.4 Å². The van der Waals surface area contributed by atoms with Gasteiger partial charge in [-0.25, -0.2) is 0 Å². The van der Waals surface area contributed by atoms with Crippen molar-refractivity contribution in [3.05, 3.63) is 0 Å². The molecule has 3 nitrogen and oxygen atoms in total. The number of carbonyl (C=O) groups is 2. The van der Waals surface area contributed by atoms with Gasteiger partial charge >= 0.3 is 0 Å². The number of hydrogen-bond donors (Lipinski definition) is 1. The molecule has 0 aliphatic carbocycles. The molecule has 4 heteroatoms. The Labute approximate surface area is 112 Å². The first-order valence-corrected chi connectivity index (χ1v) is 7.11. The van der Waals surface area contributed by atoms with Crippen LogP contribution in [0, 0.1) is 5.92 Å². The molecular weight excluding hydrogens is 317 g/mol. The fourth-order valence-corrected chi connectivity index (χ4v) is 1.67. The first kappa shape index (κ1) is 15.9. The summed E-state index contributed by atoms with van der Waals surface area (Å²) in [6.45, 7) is 6.61. The van der Waals surface area contributed by atoms with E-state index in [4.69, 9.17) is 0 Å². The maximum atomic E-state index is 11.3. The molecule has 0 bridgehead atoms. The summed E-state index contributed by atoms with van der Waals surface area (Å²) in [6.07, 6.45) is 2.82.